The Labute approximate surface area is 117 Å². The average molecular weight is 256 g/mol. The molecule has 0 aliphatic rings. The largest absolute Gasteiger partial charge is 0.391 e. The molecule has 0 saturated heterocycles. The maximum Gasteiger partial charge on any atom is 0.148 e. The molecule has 0 aliphatic carbocycles. The van der Waals surface area contributed by atoms with Crippen molar-refractivity contribution in [2.45, 2.75) is 105 Å². The van der Waals surface area contributed by atoms with Crippen LogP contribution in [0.5, 0.6) is 0 Å². The molecule has 0 fully saturated rings. The number of hydrogen-bond donors (Lipinski definition) is 1. The Morgan fingerprint density at radius 1 is 0.778 bits per heavy atom. The summed E-state index contributed by atoms with van der Waals surface area (Å²) >= 11 is 0. The molecule has 0 amide bonds. The van der Waals surface area contributed by atoms with Gasteiger partial charge in [-0.15, -0.1) is 0 Å². The van der Waals surface area contributed by atoms with Crippen molar-refractivity contribution in [3.8, 4) is 0 Å². The zero-order valence-corrected chi connectivity index (χ0v) is 14.4. The van der Waals surface area contributed by atoms with Gasteiger partial charge in [0.05, 0.1) is 5.60 Å². The highest BCUT2D eigenvalue weighted by Gasteiger charge is 2.29. The van der Waals surface area contributed by atoms with Crippen LogP contribution in [0.3, 0.4) is 0 Å². The van der Waals surface area contributed by atoms with Crippen LogP contribution in [0.2, 0.25) is 17.5 Å². The van der Waals surface area contributed by atoms with Crippen molar-refractivity contribution in [2.24, 2.45) is 0 Å². The predicted octanol–water partition coefficient (Wildman–Crippen LogP) is 5.66. The van der Waals surface area contributed by atoms with E-state index < -0.39 is 5.60 Å². The Balaban J connectivity index is 0. The van der Waals surface area contributed by atoms with Crippen LogP contribution in [0.15, 0.2) is 0 Å². The first kappa shape index (κ1) is 20.3. The molecule has 3 unspecified atom stereocenters. The van der Waals surface area contributed by atoms with Crippen LogP contribution >= 0.6 is 0 Å². The summed E-state index contributed by atoms with van der Waals surface area (Å²) < 4.78 is 0. The molecular formula is C16H37BO. The van der Waals surface area contributed by atoms with Crippen LogP contribution in [-0.4, -0.2) is 17.4 Å². The van der Waals surface area contributed by atoms with Crippen LogP contribution in [-0.2, 0) is 0 Å². The van der Waals surface area contributed by atoms with Crippen LogP contribution < -0.4 is 0 Å². The summed E-state index contributed by atoms with van der Waals surface area (Å²) in [5.74, 6) is 2.68. The van der Waals surface area contributed by atoms with Crippen LogP contribution in [0.4, 0.5) is 0 Å². The van der Waals surface area contributed by atoms with Crippen LogP contribution in [0.1, 0.15) is 81.6 Å². The third-order valence-corrected chi connectivity index (χ3v) is 3.90. The van der Waals surface area contributed by atoms with E-state index in [1.54, 1.807) is 20.8 Å². The van der Waals surface area contributed by atoms with Crippen molar-refractivity contribution in [2.75, 3.05) is 0 Å². The van der Waals surface area contributed by atoms with Crippen molar-refractivity contribution in [3.05, 3.63) is 0 Å². The molecule has 3 atom stereocenters. The standard InChI is InChI=1S/C12H27B.C4H10O/c1-7-10(4)13(11(5)8-2)12(6)9-3;1-4(2,3)5/h10-12H,7-9H2,1-6H3;5H,1-3H3. The second kappa shape index (κ2) is 9.89. The minimum atomic E-state index is -0.500. The van der Waals surface area contributed by atoms with Crippen LogP contribution in [0, 0.1) is 0 Å². The van der Waals surface area contributed by atoms with Crippen molar-refractivity contribution < 1.29 is 5.11 Å². The van der Waals surface area contributed by atoms with E-state index in [1.807, 2.05) is 0 Å². The zero-order valence-electron chi connectivity index (χ0n) is 14.4. The highest BCUT2D eigenvalue weighted by molar-refractivity contribution is 6.63. The van der Waals surface area contributed by atoms with E-state index in [0.29, 0.717) is 0 Å². The molecule has 0 bridgehead atoms. The molecule has 0 radical (unpaired) electrons. The SMILES string of the molecule is CC(C)(C)O.CCC(C)B(C(C)CC)C(C)CC. The second-order valence-corrected chi connectivity index (χ2v) is 6.90. The normalized spacial score (nSPS) is 16.3. The van der Waals surface area contributed by atoms with Gasteiger partial charge in [-0.05, 0) is 20.8 Å². The van der Waals surface area contributed by atoms with Gasteiger partial charge in [-0.1, -0.05) is 78.3 Å². The third-order valence-electron chi connectivity index (χ3n) is 3.90. The lowest BCUT2D eigenvalue weighted by molar-refractivity contribution is 0.102. The van der Waals surface area contributed by atoms with E-state index >= 15 is 0 Å². The fourth-order valence-corrected chi connectivity index (χ4v) is 2.50. The number of rotatable bonds is 6. The topological polar surface area (TPSA) is 20.2 Å². The minimum Gasteiger partial charge on any atom is -0.391 e. The van der Waals surface area contributed by atoms with E-state index in [9.17, 15) is 0 Å². The van der Waals surface area contributed by atoms with Gasteiger partial charge in [0, 0.05) is 0 Å². The van der Waals surface area contributed by atoms with E-state index in [0.717, 1.165) is 24.2 Å². The second-order valence-electron chi connectivity index (χ2n) is 6.90. The number of hydrogen-bond acceptors (Lipinski definition) is 1. The summed E-state index contributed by atoms with van der Waals surface area (Å²) in [5, 5.41) is 8.52. The molecule has 0 aliphatic heterocycles. The summed E-state index contributed by atoms with van der Waals surface area (Å²) in [7, 11) is 0. The van der Waals surface area contributed by atoms with Gasteiger partial charge in [-0.3, -0.25) is 0 Å². The summed E-state index contributed by atoms with van der Waals surface area (Å²) in [6.07, 6.45) is 4.00. The predicted molar refractivity (Wildman–Crippen MR) is 86.9 cm³/mol. The maximum absolute atomic E-state index is 8.52. The van der Waals surface area contributed by atoms with Crippen molar-refractivity contribution in [3.63, 3.8) is 0 Å². The van der Waals surface area contributed by atoms with E-state index in [-0.39, 0.29) is 0 Å². The molecule has 1 N–H and O–H groups in total. The monoisotopic (exact) mass is 256 g/mol. The Morgan fingerprint density at radius 3 is 1.06 bits per heavy atom. The van der Waals surface area contributed by atoms with Gasteiger partial charge in [0.15, 0.2) is 0 Å². The minimum absolute atomic E-state index is 0.500. The fourth-order valence-electron chi connectivity index (χ4n) is 2.50. The van der Waals surface area contributed by atoms with Gasteiger partial charge >= 0.3 is 0 Å². The Kier molecular flexibility index (Phi) is 11.2. The van der Waals surface area contributed by atoms with E-state index in [4.69, 9.17) is 5.11 Å². The molecule has 0 spiro atoms. The Hall–Kier alpha value is 0.0249. The lowest BCUT2D eigenvalue weighted by Crippen LogP contribution is -2.28. The average Bonchev–Trinajstić information content (AvgIpc) is 2.26. The zero-order chi connectivity index (χ0) is 14.9. The van der Waals surface area contributed by atoms with Crippen molar-refractivity contribution in [1.82, 2.24) is 0 Å². The summed E-state index contributed by atoms with van der Waals surface area (Å²) in [4.78, 5) is 0. The maximum atomic E-state index is 8.52. The molecule has 2 heteroatoms. The Morgan fingerprint density at radius 2 is 0.944 bits per heavy atom. The molecule has 0 aromatic rings. The van der Waals surface area contributed by atoms with Gasteiger partial charge < -0.3 is 5.11 Å². The Bertz CT molecular complexity index is 156. The molecule has 1 nitrogen and oxygen atoms in total. The van der Waals surface area contributed by atoms with Gasteiger partial charge in [0.2, 0.25) is 0 Å². The molecule has 18 heavy (non-hydrogen) atoms. The van der Waals surface area contributed by atoms with Crippen molar-refractivity contribution >= 4 is 6.71 Å². The van der Waals surface area contributed by atoms with Crippen LogP contribution in [0.25, 0.3) is 0 Å². The van der Waals surface area contributed by atoms with Crippen molar-refractivity contribution in [1.29, 1.82) is 0 Å². The first-order valence-corrected chi connectivity index (χ1v) is 7.80. The quantitative estimate of drug-likeness (QED) is 0.608. The first-order chi connectivity index (χ1) is 8.08. The fraction of sp³-hybridized carbons (Fsp3) is 1.00. The molecule has 0 rings (SSSR count). The lowest BCUT2D eigenvalue weighted by Gasteiger charge is -2.30. The van der Waals surface area contributed by atoms with Gasteiger partial charge in [-0.25, -0.2) is 0 Å². The third kappa shape index (κ3) is 11.1. The smallest absolute Gasteiger partial charge is 0.148 e. The molecule has 0 heterocycles. The molecule has 0 saturated carbocycles. The molecule has 0 aromatic carbocycles. The molecule has 110 valence electrons. The first-order valence-electron chi connectivity index (χ1n) is 7.80. The molecular weight excluding hydrogens is 219 g/mol. The lowest BCUT2D eigenvalue weighted by atomic mass is 9.28. The summed E-state index contributed by atoms with van der Waals surface area (Å²) in [5.41, 5.74) is -0.500. The van der Waals surface area contributed by atoms with E-state index in [2.05, 4.69) is 41.5 Å². The molecule has 0 aromatic heterocycles. The summed E-state index contributed by atoms with van der Waals surface area (Å²) in [6, 6.07) is 0. The summed E-state index contributed by atoms with van der Waals surface area (Å²) in [6.45, 7) is 20.4. The van der Waals surface area contributed by atoms with Gasteiger partial charge in [-0.2, -0.15) is 0 Å². The van der Waals surface area contributed by atoms with Gasteiger partial charge in [0.25, 0.3) is 0 Å². The highest BCUT2D eigenvalue weighted by atomic mass is 16.3. The number of aliphatic hydroxyl groups is 1. The van der Waals surface area contributed by atoms with Gasteiger partial charge in [0.1, 0.15) is 6.71 Å². The van der Waals surface area contributed by atoms with E-state index in [1.165, 1.54) is 19.3 Å². The highest BCUT2D eigenvalue weighted by Crippen LogP contribution is 2.35.